The van der Waals surface area contributed by atoms with Crippen molar-refractivity contribution in [1.82, 2.24) is 19.6 Å². The van der Waals surface area contributed by atoms with Gasteiger partial charge < -0.3 is 18.9 Å². The molecule has 1 aliphatic heterocycles. The number of hydrogen-bond donors (Lipinski definition) is 1. The summed E-state index contributed by atoms with van der Waals surface area (Å²) in [5, 5.41) is 14.5. The van der Waals surface area contributed by atoms with E-state index >= 15 is 0 Å². The van der Waals surface area contributed by atoms with Gasteiger partial charge in [-0.2, -0.15) is 0 Å². The van der Waals surface area contributed by atoms with Crippen LogP contribution in [0.4, 0.5) is 0 Å². The number of benzene rings is 3. The van der Waals surface area contributed by atoms with E-state index in [0.717, 1.165) is 66.3 Å². The van der Waals surface area contributed by atoms with Crippen molar-refractivity contribution < 1.29 is 14.4 Å². The summed E-state index contributed by atoms with van der Waals surface area (Å²) >= 11 is 0. The number of morpholine rings is 1. The molecule has 2 aromatic heterocycles. The number of aliphatic hydroxyl groups excluding tert-OH is 1. The van der Waals surface area contributed by atoms with Crippen LogP contribution in [0.5, 0.6) is 0 Å². The fraction of sp³-hybridized carbons (Fsp3) is 0.250. The molecule has 1 atom stereocenters. The second-order valence-electron chi connectivity index (χ2n) is 9.82. The zero-order valence-electron chi connectivity index (χ0n) is 21.9. The van der Waals surface area contributed by atoms with Gasteiger partial charge in [-0.1, -0.05) is 41.3 Å². The fourth-order valence-electron chi connectivity index (χ4n) is 4.84. The molecule has 7 heteroatoms. The molecule has 0 amide bonds. The van der Waals surface area contributed by atoms with E-state index in [9.17, 15) is 5.11 Å². The van der Waals surface area contributed by atoms with Gasteiger partial charge in [0.2, 0.25) is 0 Å². The highest BCUT2D eigenvalue weighted by Gasteiger charge is 2.17. The van der Waals surface area contributed by atoms with E-state index < -0.39 is 6.10 Å². The maximum atomic E-state index is 10.2. The van der Waals surface area contributed by atoms with Crippen LogP contribution < -0.4 is 0 Å². The maximum absolute atomic E-state index is 10.2. The summed E-state index contributed by atoms with van der Waals surface area (Å²) in [5.41, 5.74) is 6.71. The standard InChI is InChI=1S/C32H30N4O3/c1-23(37)32-33-29-4-2-3-5-30(29)36(32)22-28-20-31(39-34-28)27-14-12-25(13-15-27)7-6-24-8-10-26(11-9-24)21-35-16-18-38-19-17-35/h2-5,8-15,20,23,37H,16-19,21-22H2,1H3. The number of imidazole rings is 1. The number of ether oxygens (including phenoxy) is 1. The van der Waals surface area contributed by atoms with Crippen molar-refractivity contribution in [2.45, 2.75) is 26.1 Å². The van der Waals surface area contributed by atoms with E-state index in [0.29, 0.717) is 18.1 Å². The van der Waals surface area contributed by atoms with Crippen molar-refractivity contribution in [3.8, 4) is 23.2 Å². The van der Waals surface area contributed by atoms with Crippen LogP contribution >= 0.6 is 0 Å². The Balaban J connectivity index is 1.12. The van der Waals surface area contributed by atoms with E-state index in [-0.39, 0.29) is 0 Å². The number of aliphatic hydroxyl groups is 1. The Morgan fingerprint density at radius 2 is 1.59 bits per heavy atom. The highest BCUT2D eigenvalue weighted by atomic mass is 16.5. The van der Waals surface area contributed by atoms with Crippen LogP contribution in [0, 0.1) is 11.8 Å². The number of aromatic nitrogens is 3. The monoisotopic (exact) mass is 518 g/mol. The number of hydrogen-bond acceptors (Lipinski definition) is 6. The summed E-state index contributed by atoms with van der Waals surface area (Å²) in [6.45, 7) is 6.72. The smallest absolute Gasteiger partial charge is 0.167 e. The lowest BCUT2D eigenvalue weighted by Crippen LogP contribution is -2.35. The second-order valence-corrected chi connectivity index (χ2v) is 9.82. The fourth-order valence-corrected chi connectivity index (χ4v) is 4.84. The SMILES string of the molecule is CC(O)c1nc2ccccc2n1Cc1cc(-c2ccc(C#Cc3ccc(CN4CCOCC4)cc3)cc2)on1. The summed E-state index contributed by atoms with van der Waals surface area (Å²) < 4.78 is 13.1. The van der Waals surface area contributed by atoms with Crippen molar-refractivity contribution in [3.63, 3.8) is 0 Å². The van der Waals surface area contributed by atoms with Crippen molar-refractivity contribution in [2.24, 2.45) is 0 Å². The Morgan fingerprint density at radius 1 is 0.897 bits per heavy atom. The lowest BCUT2D eigenvalue weighted by atomic mass is 10.1. The van der Waals surface area contributed by atoms with Gasteiger partial charge in [-0.05, 0) is 61.0 Å². The highest BCUT2D eigenvalue weighted by Crippen LogP contribution is 2.25. The Labute approximate surface area is 227 Å². The van der Waals surface area contributed by atoms with Gasteiger partial charge in [0.05, 0.1) is 30.8 Å². The van der Waals surface area contributed by atoms with Crippen LogP contribution in [-0.2, 0) is 17.8 Å². The van der Waals surface area contributed by atoms with Crippen LogP contribution in [0.2, 0.25) is 0 Å². The first-order valence-electron chi connectivity index (χ1n) is 13.2. The molecule has 0 radical (unpaired) electrons. The Kier molecular flexibility index (Phi) is 7.24. The highest BCUT2D eigenvalue weighted by molar-refractivity contribution is 5.76. The molecule has 1 fully saturated rings. The molecular formula is C32H30N4O3. The van der Waals surface area contributed by atoms with Gasteiger partial charge >= 0.3 is 0 Å². The van der Waals surface area contributed by atoms with Gasteiger partial charge in [0.15, 0.2) is 5.76 Å². The molecule has 1 N–H and O–H groups in total. The van der Waals surface area contributed by atoms with E-state index in [1.807, 2.05) is 59.2 Å². The number of fused-ring (bicyclic) bond motifs is 1. The van der Waals surface area contributed by atoms with E-state index in [2.05, 4.69) is 51.1 Å². The topological polar surface area (TPSA) is 76.6 Å². The third-order valence-electron chi connectivity index (χ3n) is 6.92. The summed E-state index contributed by atoms with van der Waals surface area (Å²) in [7, 11) is 0. The van der Waals surface area contributed by atoms with Crippen molar-refractivity contribution in [1.29, 1.82) is 0 Å². The molecule has 0 spiro atoms. The molecule has 5 aromatic rings. The Hall–Kier alpha value is -4.22. The zero-order chi connectivity index (χ0) is 26.6. The molecule has 0 aliphatic carbocycles. The third kappa shape index (κ3) is 5.79. The van der Waals surface area contributed by atoms with Gasteiger partial charge in [-0.15, -0.1) is 0 Å². The number of rotatable bonds is 6. The van der Waals surface area contributed by atoms with Crippen LogP contribution in [0.15, 0.2) is 83.4 Å². The quantitative estimate of drug-likeness (QED) is 0.318. The lowest BCUT2D eigenvalue weighted by molar-refractivity contribution is 0.0342. The predicted octanol–water partition coefficient (Wildman–Crippen LogP) is 5.02. The Morgan fingerprint density at radius 3 is 2.31 bits per heavy atom. The van der Waals surface area contributed by atoms with Crippen molar-refractivity contribution >= 4 is 11.0 Å². The van der Waals surface area contributed by atoms with Gasteiger partial charge in [-0.3, -0.25) is 4.90 Å². The Bertz CT molecular complexity index is 1620. The molecular weight excluding hydrogens is 488 g/mol. The van der Waals surface area contributed by atoms with Crippen molar-refractivity contribution in [3.05, 3.63) is 107 Å². The van der Waals surface area contributed by atoms with Crippen LogP contribution in [0.1, 0.15) is 41.2 Å². The van der Waals surface area contributed by atoms with Gasteiger partial charge in [0.25, 0.3) is 0 Å². The van der Waals surface area contributed by atoms with Gasteiger partial charge in [0, 0.05) is 42.4 Å². The maximum Gasteiger partial charge on any atom is 0.167 e. The average molecular weight is 519 g/mol. The number of nitrogens with zero attached hydrogens (tertiary/aromatic N) is 4. The minimum absolute atomic E-state index is 0.457. The molecule has 6 rings (SSSR count). The van der Waals surface area contributed by atoms with E-state index in [4.69, 9.17) is 9.26 Å². The molecule has 0 bridgehead atoms. The molecule has 3 aromatic carbocycles. The van der Waals surface area contributed by atoms with Crippen molar-refractivity contribution in [2.75, 3.05) is 26.3 Å². The van der Waals surface area contributed by atoms with Gasteiger partial charge in [-0.25, -0.2) is 4.98 Å². The van der Waals surface area contributed by atoms with Crippen LogP contribution in [-0.4, -0.2) is 51.0 Å². The first kappa shape index (κ1) is 25.1. The largest absolute Gasteiger partial charge is 0.385 e. The molecule has 7 nitrogen and oxygen atoms in total. The molecule has 39 heavy (non-hydrogen) atoms. The number of para-hydroxylation sites is 2. The van der Waals surface area contributed by atoms with Gasteiger partial charge in [0.1, 0.15) is 17.6 Å². The molecule has 0 saturated carbocycles. The summed E-state index contributed by atoms with van der Waals surface area (Å²) in [6.07, 6.45) is -0.689. The van der Waals surface area contributed by atoms with Crippen LogP contribution in [0.25, 0.3) is 22.4 Å². The minimum atomic E-state index is -0.689. The summed E-state index contributed by atoms with van der Waals surface area (Å²) in [4.78, 5) is 7.00. The zero-order valence-corrected chi connectivity index (χ0v) is 21.9. The lowest BCUT2D eigenvalue weighted by Gasteiger charge is -2.26. The molecule has 196 valence electrons. The van der Waals surface area contributed by atoms with E-state index in [1.54, 1.807) is 6.92 Å². The third-order valence-corrected chi connectivity index (χ3v) is 6.92. The van der Waals surface area contributed by atoms with E-state index in [1.165, 1.54) is 5.56 Å². The molecule has 1 saturated heterocycles. The molecule has 1 aliphatic rings. The average Bonchev–Trinajstić information content (AvgIpc) is 3.59. The second kappa shape index (κ2) is 11.3. The first-order chi connectivity index (χ1) is 19.1. The predicted molar refractivity (Wildman–Crippen MR) is 150 cm³/mol. The molecule has 3 heterocycles. The summed E-state index contributed by atoms with van der Waals surface area (Å²) in [5.74, 6) is 7.80. The molecule has 1 unspecified atom stereocenters. The van der Waals surface area contributed by atoms with Crippen LogP contribution in [0.3, 0.4) is 0 Å². The minimum Gasteiger partial charge on any atom is -0.385 e. The normalized spacial score (nSPS) is 14.7. The summed E-state index contributed by atoms with van der Waals surface area (Å²) in [6, 6.07) is 26.2. The first-order valence-corrected chi connectivity index (χ1v) is 13.2.